The van der Waals surface area contributed by atoms with Crippen LogP contribution in [0, 0.1) is 23.5 Å². The Balaban J connectivity index is 0.000000167. The van der Waals surface area contributed by atoms with Crippen LogP contribution in [0.4, 0.5) is 17.6 Å². The van der Waals surface area contributed by atoms with Crippen molar-refractivity contribution in [2.75, 3.05) is 59.4 Å². The average molecular weight is 1370 g/mol. The summed E-state index contributed by atoms with van der Waals surface area (Å²) in [4.78, 5) is 89.0. The fourth-order valence-electron chi connectivity index (χ4n) is 14.7. The van der Waals surface area contributed by atoms with E-state index >= 15 is 8.78 Å². The Labute approximate surface area is 555 Å². The molecule has 4 aromatic rings. The van der Waals surface area contributed by atoms with Gasteiger partial charge < -0.3 is 34.7 Å². The van der Waals surface area contributed by atoms with Crippen molar-refractivity contribution >= 4 is 104 Å². The van der Waals surface area contributed by atoms with Crippen molar-refractivity contribution < 1.29 is 36.7 Å². The molecule has 8 atom stereocenters. The van der Waals surface area contributed by atoms with E-state index < -0.39 is 59.2 Å². The zero-order chi connectivity index (χ0) is 64.5. The lowest BCUT2D eigenvalue weighted by atomic mass is 9.81. The predicted molar refractivity (Wildman–Crippen MR) is 347 cm³/mol. The molecule has 2 aliphatic carbocycles. The van der Waals surface area contributed by atoms with Crippen LogP contribution in [0.1, 0.15) is 114 Å². The Hall–Kier alpha value is -5.46. The second-order valence-corrected chi connectivity index (χ2v) is 30.2. The summed E-state index contributed by atoms with van der Waals surface area (Å²) >= 11 is 26.8. The van der Waals surface area contributed by atoms with Crippen LogP contribution in [0.5, 0.6) is 0 Å². The Morgan fingerprint density at radius 1 is 0.615 bits per heavy atom. The number of amidine groups is 2. The number of alkyl halides is 2. The number of aliphatic imine (C=N–C) groups is 2. The van der Waals surface area contributed by atoms with E-state index in [4.69, 9.17) is 56.4 Å². The highest BCUT2D eigenvalue weighted by atomic mass is 35.5. The van der Waals surface area contributed by atoms with E-state index in [1.165, 1.54) is 57.6 Å². The summed E-state index contributed by atoms with van der Waals surface area (Å²) in [7, 11) is 2.09. The normalized spacial score (nSPS) is 28.8. The van der Waals surface area contributed by atoms with Gasteiger partial charge in [0.2, 0.25) is 11.8 Å². The van der Waals surface area contributed by atoms with Gasteiger partial charge in [0, 0.05) is 98.1 Å². The molecule has 10 heterocycles. The average Bonchev–Trinajstić information content (AvgIpc) is 1.58. The minimum Gasteiger partial charge on any atom is -0.338 e. The van der Waals surface area contributed by atoms with Gasteiger partial charge in [-0.25, -0.2) is 37.5 Å². The topological polar surface area (TPSA) is 153 Å². The molecule has 91 heavy (non-hydrogen) atoms. The van der Waals surface area contributed by atoms with Gasteiger partial charge in [0.05, 0.1) is 35.2 Å². The van der Waals surface area contributed by atoms with Crippen LogP contribution in [0.15, 0.2) is 104 Å². The summed E-state index contributed by atoms with van der Waals surface area (Å²) in [6.45, 7) is 15.3. The first-order chi connectivity index (χ1) is 43.2. The van der Waals surface area contributed by atoms with Gasteiger partial charge in [0.15, 0.2) is 10.3 Å². The predicted octanol–water partition coefficient (Wildman–Crippen LogP) is 11.7. The molecule has 0 bridgehead atoms. The van der Waals surface area contributed by atoms with Gasteiger partial charge in [-0.15, -0.1) is 0 Å². The number of hydrogen-bond acceptors (Lipinski definition) is 14. The van der Waals surface area contributed by atoms with Crippen LogP contribution >= 0.6 is 69.9 Å². The lowest BCUT2D eigenvalue weighted by molar-refractivity contribution is -0.144. The number of nitrogens with zero attached hydrogens (tertiary/aromatic N) is 11. The summed E-state index contributed by atoms with van der Waals surface area (Å²) in [6.07, 6.45) is 4.80. The first-order valence-electron chi connectivity index (χ1n) is 30.9. The Bertz CT molecular complexity index is 3780. The van der Waals surface area contributed by atoms with E-state index in [9.17, 15) is 28.0 Å². The molecule has 4 amide bonds. The largest absolute Gasteiger partial charge is 0.338 e. The zero-order valence-corrected chi connectivity index (χ0v) is 56.0. The van der Waals surface area contributed by atoms with Crippen LogP contribution in [-0.4, -0.2) is 173 Å². The third-order valence-electron chi connectivity index (χ3n) is 19.9. The highest BCUT2D eigenvalue weighted by Crippen LogP contribution is 2.59. The molecule has 6 fully saturated rings. The molecular formula is C65H70Cl4F4N12O4S2. The molecular weight excluding hydrogens is 1290 g/mol. The molecule has 482 valence electrons. The van der Waals surface area contributed by atoms with Gasteiger partial charge in [0.25, 0.3) is 11.8 Å². The van der Waals surface area contributed by atoms with Gasteiger partial charge in [-0.1, -0.05) is 98.4 Å². The Kier molecular flexibility index (Phi) is 17.0. The first-order valence-corrected chi connectivity index (χ1v) is 34.1. The van der Waals surface area contributed by atoms with Crippen molar-refractivity contribution in [3.63, 3.8) is 0 Å². The van der Waals surface area contributed by atoms with Crippen molar-refractivity contribution in [1.82, 2.24) is 49.6 Å². The van der Waals surface area contributed by atoms with Crippen LogP contribution in [-0.2, 0) is 30.3 Å². The second-order valence-electron chi connectivity index (χ2n) is 26.6. The van der Waals surface area contributed by atoms with E-state index in [0.29, 0.717) is 85.7 Å². The van der Waals surface area contributed by atoms with Crippen molar-refractivity contribution in [2.24, 2.45) is 21.8 Å². The fourth-order valence-corrected chi connectivity index (χ4v) is 17.9. The number of pyridine rings is 2. The number of benzene rings is 2. The van der Waals surface area contributed by atoms with E-state index in [1.807, 2.05) is 68.4 Å². The lowest BCUT2D eigenvalue weighted by Gasteiger charge is -2.41. The lowest BCUT2D eigenvalue weighted by Crippen LogP contribution is -2.58. The Morgan fingerprint density at radius 3 is 1.46 bits per heavy atom. The molecule has 0 unspecified atom stereocenters. The number of piperazine rings is 2. The number of likely N-dealkylation sites (N-methyl/N-ethyl adjacent to an activating group) is 1. The number of allylic oxidation sites excluding steroid dienone is 2. The van der Waals surface area contributed by atoms with Gasteiger partial charge in [0.1, 0.15) is 67.3 Å². The highest BCUT2D eigenvalue weighted by Gasteiger charge is 2.58. The van der Waals surface area contributed by atoms with Gasteiger partial charge in [-0.3, -0.25) is 24.1 Å². The number of carbonyl (C=O) groups excluding carboxylic acids is 4. The number of rotatable bonds is 10. The van der Waals surface area contributed by atoms with Crippen molar-refractivity contribution in [1.29, 1.82) is 0 Å². The molecule has 26 heteroatoms. The summed E-state index contributed by atoms with van der Waals surface area (Å²) in [6, 6.07) is 13.6. The number of carbonyl (C=O) groups is 4. The minimum atomic E-state index is -1.29. The molecule has 2 spiro atoms. The molecule has 10 aliphatic rings. The first kappa shape index (κ1) is 64.3. The van der Waals surface area contributed by atoms with Crippen molar-refractivity contribution in [3.05, 3.63) is 149 Å². The van der Waals surface area contributed by atoms with E-state index in [0.717, 1.165) is 43.4 Å². The number of likely N-dealkylation sites (tertiary alicyclic amines) is 2. The summed E-state index contributed by atoms with van der Waals surface area (Å²) in [5, 5.41) is 5.31. The van der Waals surface area contributed by atoms with Crippen LogP contribution < -0.4 is 5.32 Å². The van der Waals surface area contributed by atoms with E-state index in [1.54, 1.807) is 41.6 Å². The number of thioether (sulfide) groups is 2. The number of aromatic nitrogens is 2. The molecule has 4 saturated heterocycles. The van der Waals surface area contributed by atoms with Crippen molar-refractivity contribution in [3.8, 4) is 0 Å². The van der Waals surface area contributed by atoms with Gasteiger partial charge >= 0.3 is 0 Å². The van der Waals surface area contributed by atoms with Gasteiger partial charge in [-0.2, -0.15) is 0 Å². The van der Waals surface area contributed by atoms with E-state index in [-0.39, 0.29) is 82.5 Å². The Morgan fingerprint density at radius 2 is 1.07 bits per heavy atom. The monoisotopic (exact) mass is 1360 g/mol. The number of amides is 4. The molecule has 2 aromatic heterocycles. The van der Waals surface area contributed by atoms with Crippen LogP contribution in [0.3, 0.4) is 0 Å². The van der Waals surface area contributed by atoms with Crippen molar-refractivity contribution in [2.45, 2.75) is 139 Å². The quantitative estimate of drug-likeness (QED) is 0.119. The molecule has 16 nitrogen and oxygen atoms in total. The molecule has 8 aliphatic heterocycles. The SMILES string of the molecule is CC(C)C1=C(C(=O)N2C[C@H](F)C[C@H]2C(=O)N2CCN(C)C3(CC3)C2)SC2=N[C@@](C)(c3ccc(Cl)nc3)[C@@H](c3ccc(Cl)c(F)c3)N21.CC(C)C1=C(C(=O)N2C[C@H](F)C[C@H]2C(=O)N2CCNC3(CC3)C2)SC2=N[C@@](C)(c3ccc(Cl)nc3)[C@@H](c3ccc(Cl)c(F)c3)N21. The molecule has 2 saturated carbocycles. The molecule has 1 N–H and O–H groups in total. The second kappa shape index (κ2) is 24.1. The number of fused-ring (bicyclic) bond motifs is 2. The third kappa shape index (κ3) is 11.4. The molecule has 0 radical (unpaired) electrons. The summed E-state index contributed by atoms with van der Waals surface area (Å²) in [5.74, 6) is -2.58. The van der Waals surface area contributed by atoms with Crippen LogP contribution in [0.2, 0.25) is 20.4 Å². The minimum absolute atomic E-state index is 0.00153. The highest BCUT2D eigenvalue weighted by molar-refractivity contribution is 8.18. The van der Waals surface area contributed by atoms with Crippen LogP contribution in [0.25, 0.3) is 0 Å². The summed E-state index contributed by atoms with van der Waals surface area (Å²) in [5.41, 5.74) is 2.29. The molecule has 14 rings (SSSR count). The fraction of sp³-hybridized carbons (Fsp3) is 0.508. The number of hydrogen-bond donors (Lipinski definition) is 1. The number of nitrogens with one attached hydrogen (secondary N) is 1. The standard InChI is InChI=1S/C33H36Cl2F2N6O2S.C32H34Cl2F2N6O2S/c1-18(2)26-27(30(45)42-16-21(36)14-24(42)29(44)41-12-11-40(4)33(17-41)9-10-33)46-31-39-32(3,20-6-8-25(35)38-15-20)28(43(26)31)19-5-7-22(34)23(37)13-19;1-17(2)25-26(29(44)41-15-20(35)13-23(41)28(43)40-11-10-38-32(16-40)8-9-32)45-30-39-31(3,19-5-7-24(34)37-14-19)27(42(25)30)18-4-6-21(33)22(36)12-18/h5-8,13,15,18,21,24,28H,9-12,14,16-17H2,1-4H3;4-7,12,14,17,20,23,27,38H,8-11,13,15-16H2,1-3H3/t21-,24+,28-,32+;20-,23+,27-,31+/m11/s1. The number of halogens is 8. The maximum Gasteiger partial charge on any atom is 0.263 e. The zero-order valence-electron chi connectivity index (χ0n) is 51.3. The summed E-state index contributed by atoms with van der Waals surface area (Å²) < 4.78 is 60.0. The third-order valence-corrected chi connectivity index (χ3v) is 23.1. The van der Waals surface area contributed by atoms with Gasteiger partial charge in [-0.05, 0) is 129 Å². The molecule has 2 aromatic carbocycles. The maximum absolute atomic E-state index is 15.1. The maximum atomic E-state index is 15.1. The van der Waals surface area contributed by atoms with E-state index in [2.05, 4.69) is 27.2 Å². The smallest absolute Gasteiger partial charge is 0.263 e.